The number of nitrogens with zero attached hydrogens (tertiary/aromatic N) is 5. The van der Waals surface area contributed by atoms with Gasteiger partial charge in [0.05, 0.1) is 11.9 Å². The Hall–Kier alpha value is -3.23. The summed E-state index contributed by atoms with van der Waals surface area (Å²) in [7, 11) is 0. The van der Waals surface area contributed by atoms with Gasteiger partial charge in [-0.1, -0.05) is 5.10 Å². The minimum Gasteiger partial charge on any atom is -0.408 e. The molecule has 0 unspecified atom stereocenters. The van der Waals surface area contributed by atoms with Crippen LogP contribution >= 0.6 is 0 Å². The van der Waals surface area contributed by atoms with E-state index < -0.39 is 0 Å². The Morgan fingerprint density at radius 3 is 2.69 bits per heavy atom. The summed E-state index contributed by atoms with van der Waals surface area (Å²) in [6, 6.07) is 7.84. The Labute approximate surface area is 149 Å². The molecule has 0 radical (unpaired) electrons. The average molecular weight is 353 g/mol. The quantitative estimate of drug-likeness (QED) is 0.714. The van der Waals surface area contributed by atoms with Crippen molar-refractivity contribution in [2.45, 2.75) is 38.3 Å². The number of rotatable bonds is 5. The van der Waals surface area contributed by atoms with Crippen molar-refractivity contribution >= 4 is 11.8 Å². The second kappa shape index (κ2) is 6.95. The number of nitrogens with one attached hydrogen (secondary N) is 2. The molecule has 1 aliphatic carbocycles. The Morgan fingerprint density at radius 1 is 1.15 bits per heavy atom. The van der Waals surface area contributed by atoms with Crippen molar-refractivity contribution < 1.29 is 4.42 Å². The monoisotopic (exact) mass is 353 g/mol. The standard InChI is InChI=1S/C17H19N7O2/c1-11-22-23-17(26-11)21-13-5-4-12(9-13)20-15-7-6-14(10-18-15)24-16(25)3-2-8-19-24/h2-3,6-8,10,12-13H,4-5,9H2,1H3,(H,18,20)(H,21,23)/t12-,13-/m0/s1. The van der Waals surface area contributed by atoms with Gasteiger partial charge in [0, 0.05) is 31.3 Å². The van der Waals surface area contributed by atoms with Gasteiger partial charge in [-0.25, -0.2) is 4.98 Å². The maximum absolute atomic E-state index is 11.8. The number of aryl methyl sites for hydroxylation is 1. The molecule has 2 atom stereocenters. The smallest absolute Gasteiger partial charge is 0.315 e. The summed E-state index contributed by atoms with van der Waals surface area (Å²) in [5.74, 6) is 1.33. The van der Waals surface area contributed by atoms with E-state index in [4.69, 9.17) is 4.42 Å². The molecule has 0 aromatic carbocycles. The van der Waals surface area contributed by atoms with E-state index in [1.807, 2.05) is 12.1 Å². The number of hydrogen-bond donors (Lipinski definition) is 2. The summed E-state index contributed by atoms with van der Waals surface area (Å²) in [5.41, 5.74) is 0.454. The van der Waals surface area contributed by atoms with Gasteiger partial charge in [0.2, 0.25) is 5.89 Å². The van der Waals surface area contributed by atoms with E-state index in [1.54, 1.807) is 25.4 Å². The van der Waals surface area contributed by atoms with E-state index in [0.29, 0.717) is 29.7 Å². The first-order chi connectivity index (χ1) is 12.7. The van der Waals surface area contributed by atoms with Crippen molar-refractivity contribution in [2.75, 3.05) is 10.6 Å². The van der Waals surface area contributed by atoms with Crippen molar-refractivity contribution in [1.82, 2.24) is 25.0 Å². The molecule has 0 aliphatic heterocycles. The van der Waals surface area contributed by atoms with Crippen LogP contribution in [0.25, 0.3) is 5.69 Å². The van der Waals surface area contributed by atoms with Gasteiger partial charge in [-0.2, -0.15) is 9.78 Å². The van der Waals surface area contributed by atoms with Crippen LogP contribution in [-0.2, 0) is 0 Å². The van der Waals surface area contributed by atoms with Crippen LogP contribution in [-0.4, -0.2) is 37.0 Å². The molecule has 1 fully saturated rings. The topological polar surface area (TPSA) is 111 Å². The van der Waals surface area contributed by atoms with Crippen LogP contribution in [0.2, 0.25) is 0 Å². The van der Waals surface area contributed by atoms with Crippen molar-refractivity contribution in [3.8, 4) is 5.69 Å². The third-order valence-electron chi connectivity index (χ3n) is 4.35. The van der Waals surface area contributed by atoms with Crippen LogP contribution in [0, 0.1) is 6.92 Å². The summed E-state index contributed by atoms with van der Waals surface area (Å²) < 4.78 is 6.68. The van der Waals surface area contributed by atoms with Crippen molar-refractivity contribution in [2.24, 2.45) is 0 Å². The summed E-state index contributed by atoms with van der Waals surface area (Å²) >= 11 is 0. The minimum atomic E-state index is -0.184. The van der Waals surface area contributed by atoms with Gasteiger partial charge in [-0.3, -0.25) is 4.79 Å². The Kier molecular flexibility index (Phi) is 4.34. The molecule has 4 rings (SSSR count). The molecule has 1 saturated carbocycles. The summed E-state index contributed by atoms with van der Waals surface area (Å²) in [6.45, 7) is 1.77. The predicted octanol–water partition coefficient (Wildman–Crippen LogP) is 1.76. The summed E-state index contributed by atoms with van der Waals surface area (Å²) in [4.78, 5) is 16.2. The van der Waals surface area contributed by atoms with Crippen molar-refractivity contribution in [3.63, 3.8) is 0 Å². The third kappa shape index (κ3) is 3.56. The van der Waals surface area contributed by atoms with Gasteiger partial charge in [0.15, 0.2) is 0 Å². The highest BCUT2D eigenvalue weighted by atomic mass is 16.4. The molecular weight excluding hydrogens is 334 g/mol. The zero-order valence-corrected chi connectivity index (χ0v) is 14.3. The number of hydrogen-bond acceptors (Lipinski definition) is 8. The lowest BCUT2D eigenvalue weighted by Gasteiger charge is -2.14. The highest BCUT2D eigenvalue weighted by Crippen LogP contribution is 2.25. The summed E-state index contributed by atoms with van der Waals surface area (Å²) in [5, 5.41) is 18.5. The minimum absolute atomic E-state index is 0.184. The first-order valence-corrected chi connectivity index (χ1v) is 8.51. The van der Waals surface area contributed by atoms with Gasteiger partial charge >= 0.3 is 6.01 Å². The fourth-order valence-corrected chi connectivity index (χ4v) is 3.13. The fourth-order valence-electron chi connectivity index (χ4n) is 3.13. The van der Waals surface area contributed by atoms with E-state index in [1.165, 1.54) is 10.7 Å². The summed E-state index contributed by atoms with van der Waals surface area (Å²) in [6.07, 6.45) is 6.19. The Balaban J connectivity index is 1.36. The SMILES string of the molecule is Cc1nnc(N[C@H]2CC[C@H](Nc3ccc(-n4ncccc4=O)cn3)C2)o1. The number of anilines is 2. The van der Waals surface area contributed by atoms with Crippen LogP contribution in [0.4, 0.5) is 11.8 Å². The second-order valence-corrected chi connectivity index (χ2v) is 6.30. The van der Waals surface area contributed by atoms with Crippen molar-refractivity contribution in [3.05, 3.63) is 52.9 Å². The molecule has 9 nitrogen and oxygen atoms in total. The van der Waals surface area contributed by atoms with E-state index in [0.717, 1.165) is 25.1 Å². The van der Waals surface area contributed by atoms with Gasteiger partial charge in [0.1, 0.15) is 5.82 Å². The molecule has 0 bridgehead atoms. The van der Waals surface area contributed by atoms with Gasteiger partial charge in [-0.05, 0) is 37.5 Å². The highest BCUT2D eigenvalue weighted by molar-refractivity contribution is 5.41. The predicted molar refractivity (Wildman–Crippen MR) is 95.3 cm³/mol. The number of aromatic nitrogens is 5. The van der Waals surface area contributed by atoms with Crippen LogP contribution in [0.3, 0.4) is 0 Å². The molecule has 3 aromatic rings. The fraction of sp³-hybridized carbons (Fsp3) is 0.353. The molecule has 3 aromatic heterocycles. The Morgan fingerprint density at radius 2 is 2.00 bits per heavy atom. The van der Waals surface area contributed by atoms with Gasteiger partial charge in [0.25, 0.3) is 5.56 Å². The molecule has 0 amide bonds. The van der Waals surface area contributed by atoms with Crippen LogP contribution in [0.15, 0.2) is 45.9 Å². The molecular formula is C17H19N7O2. The molecule has 26 heavy (non-hydrogen) atoms. The zero-order chi connectivity index (χ0) is 17.9. The van der Waals surface area contributed by atoms with Crippen LogP contribution in [0.5, 0.6) is 0 Å². The zero-order valence-electron chi connectivity index (χ0n) is 14.3. The Bertz CT molecular complexity index is 935. The normalized spacial score (nSPS) is 19.4. The van der Waals surface area contributed by atoms with E-state index in [9.17, 15) is 4.79 Å². The maximum Gasteiger partial charge on any atom is 0.315 e. The molecule has 3 heterocycles. The van der Waals surface area contributed by atoms with E-state index in [-0.39, 0.29) is 5.56 Å². The maximum atomic E-state index is 11.8. The van der Waals surface area contributed by atoms with Crippen LogP contribution < -0.4 is 16.2 Å². The van der Waals surface area contributed by atoms with Gasteiger partial charge < -0.3 is 15.1 Å². The molecule has 134 valence electrons. The first-order valence-electron chi connectivity index (χ1n) is 8.51. The van der Waals surface area contributed by atoms with Crippen molar-refractivity contribution in [1.29, 1.82) is 0 Å². The lowest BCUT2D eigenvalue weighted by molar-refractivity contribution is 0.521. The third-order valence-corrected chi connectivity index (χ3v) is 4.35. The second-order valence-electron chi connectivity index (χ2n) is 6.30. The molecule has 0 saturated heterocycles. The van der Waals surface area contributed by atoms with Crippen LogP contribution in [0.1, 0.15) is 25.2 Å². The molecule has 2 N–H and O–H groups in total. The first kappa shape index (κ1) is 16.2. The molecule has 9 heteroatoms. The van der Waals surface area contributed by atoms with E-state index in [2.05, 4.69) is 30.9 Å². The largest absolute Gasteiger partial charge is 0.408 e. The van der Waals surface area contributed by atoms with Gasteiger partial charge in [-0.15, -0.1) is 5.10 Å². The average Bonchev–Trinajstić information content (AvgIpc) is 3.25. The highest BCUT2D eigenvalue weighted by Gasteiger charge is 2.26. The number of pyridine rings is 1. The molecule has 1 aliphatic rings. The molecule has 0 spiro atoms. The lowest BCUT2D eigenvalue weighted by atomic mass is 10.2. The lowest BCUT2D eigenvalue weighted by Crippen LogP contribution is -2.22. The van der Waals surface area contributed by atoms with E-state index >= 15 is 0 Å².